The van der Waals surface area contributed by atoms with Crippen LogP contribution in [0.25, 0.3) is 61.3 Å². The fourth-order valence-corrected chi connectivity index (χ4v) is 7.94. The third kappa shape index (κ3) is 7.59. The van der Waals surface area contributed by atoms with Gasteiger partial charge in [-0.05, 0) is 106 Å². The minimum atomic E-state index is -1.60. The van der Waals surface area contributed by atoms with Crippen molar-refractivity contribution in [2.45, 2.75) is 79.5 Å². The van der Waals surface area contributed by atoms with Gasteiger partial charge in [-0.3, -0.25) is 18.7 Å². The zero-order valence-corrected chi connectivity index (χ0v) is 36.0. The van der Waals surface area contributed by atoms with Gasteiger partial charge in [0.25, 0.3) is 6.33 Å². The third-order valence-corrected chi connectivity index (χ3v) is 11.0. The second-order valence-electron chi connectivity index (χ2n) is 18.9. The second-order valence-corrected chi connectivity index (χ2v) is 18.9. The standard InChI is InChI=1S/C54H53N5O/c1-52(2,3)34-36-18-22-47-49(28-36)58(35-57(47)41-17-13-16-39(30-41)53(4,5)6)50-33-43(25-27-55-50)60-42-20-21-44-45-29-38(37-14-11-10-12-15-37)19-23-46(45)59(48(44)32-42)51-31-40(24-26-56-51)54(7,8)9/h10-33H,34H2,1-9H3/i34D2. The summed E-state index contributed by atoms with van der Waals surface area (Å²) in [5, 5.41) is 2.23. The molecule has 0 bridgehead atoms. The van der Waals surface area contributed by atoms with E-state index in [0.717, 1.165) is 55.5 Å². The molecule has 0 saturated carbocycles. The first-order valence-corrected chi connectivity index (χ1v) is 20.7. The zero-order chi connectivity index (χ0) is 43.8. The molecule has 0 atom stereocenters. The summed E-state index contributed by atoms with van der Waals surface area (Å²) in [6.07, 6.45) is 5.64. The number of hydrogen-bond donors (Lipinski definition) is 0. The summed E-state index contributed by atoms with van der Waals surface area (Å²) < 4.78 is 31.2. The summed E-state index contributed by atoms with van der Waals surface area (Å²) in [5.41, 5.74) is 9.26. The van der Waals surface area contributed by atoms with Crippen LogP contribution in [0.2, 0.25) is 0 Å². The summed E-state index contributed by atoms with van der Waals surface area (Å²) in [5.74, 6) is 2.72. The van der Waals surface area contributed by atoms with E-state index in [9.17, 15) is 0 Å². The summed E-state index contributed by atoms with van der Waals surface area (Å²) in [6, 6.07) is 45.8. The van der Waals surface area contributed by atoms with Gasteiger partial charge in [-0.15, -0.1) is 0 Å². The largest absolute Gasteiger partial charge is 0.458 e. The van der Waals surface area contributed by atoms with Crippen LogP contribution >= 0.6 is 0 Å². The number of benzene rings is 5. The molecule has 0 aliphatic rings. The first kappa shape index (κ1) is 36.5. The Morgan fingerprint density at radius 3 is 2.08 bits per heavy atom. The van der Waals surface area contributed by atoms with E-state index in [1.807, 2.05) is 78.6 Å². The quantitative estimate of drug-likeness (QED) is 0.119. The van der Waals surface area contributed by atoms with Gasteiger partial charge in [-0.25, -0.2) is 4.98 Å². The van der Waals surface area contributed by atoms with Crippen molar-refractivity contribution >= 4 is 32.8 Å². The highest BCUT2D eigenvalue weighted by Gasteiger charge is 2.21. The molecule has 9 aromatic rings. The van der Waals surface area contributed by atoms with Crippen LogP contribution in [0.3, 0.4) is 0 Å². The van der Waals surface area contributed by atoms with E-state index in [4.69, 9.17) is 17.4 Å². The van der Waals surface area contributed by atoms with Crippen LogP contribution in [0.5, 0.6) is 11.5 Å². The lowest BCUT2D eigenvalue weighted by Gasteiger charge is -2.20. The van der Waals surface area contributed by atoms with Gasteiger partial charge in [0.1, 0.15) is 17.3 Å². The maximum Gasteiger partial charge on any atom is 0.271 e. The minimum Gasteiger partial charge on any atom is -0.458 e. The molecule has 0 aliphatic heterocycles. The third-order valence-electron chi connectivity index (χ3n) is 11.0. The molecule has 300 valence electrons. The van der Waals surface area contributed by atoms with Gasteiger partial charge >= 0.3 is 0 Å². The van der Waals surface area contributed by atoms with Crippen LogP contribution in [0.1, 0.15) is 81.7 Å². The Bertz CT molecular complexity index is 3140. The smallest absolute Gasteiger partial charge is 0.271 e. The van der Waals surface area contributed by atoms with Crippen molar-refractivity contribution in [2.75, 3.05) is 0 Å². The molecule has 0 radical (unpaired) electrons. The first-order valence-electron chi connectivity index (χ1n) is 21.7. The van der Waals surface area contributed by atoms with Crippen LogP contribution in [0, 0.1) is 11.7 Å². The number of aromatic nitrogens is 5. The first-order chi connectivity index (χ1) is 29.4. The highest BCUT2D eigenvalue weighted by atomic mass is 16.5. The summed E-state index contributed by atoms with van der Waals surface area (Å²) in [6.45, 7) is 19.1. The van der Waals surface area contributed by atoms with E-state index in [1.165, 1.54) is 11.1 Å². The number of ether oxygens (including phenoxy) is 1. The summed E-state index contributed by atoms with van der Waals surface area (Å²) in [7, 11) is 0. The van der Waals surface area contributed by atoms with Gasteiger partial charge in [-0.1, -0.05) is 129 Å². The molecule has 0 fully saturated rings. The van der Waals surface area contributed by atoms with Crippen molar-refractivity contribution in [3.05, 3.63) is 169 Å². The van der Waals surface area contributed by atoms with Crippen molar-refractivity contribution in [2.24, 2.45) is 5.41 Å². The predicted octanol–water partition coefficient (Wildman–Crippen LogP) is 13.2. The van der Waals surface area contributed by atoms with Gasteiger partial charge in [0.05, 0.1) is 27.8 Å². The molecule has 60 heavy (non-hydrogen) atoms. The molecule has 0 N–H and O–H groups in total. The lowest BCUT2D eigenvalue weighted by Crippen LogP contribution is -2.30. The average Bonchev–Trinajstić information content (AvgIpc) is 3.78. The topological polar surface area (TPSA) is 48.8 Å². The molecule has 6 heteroatoms. The van der Waals surface area contributed by atoms with Crippen LogP contribution < -0.4 is 9.30 Å². The Kier molecular flexibility index (Phi) is 8.91. The average molecular weight is 790 g/mol. The molecule has 4 heterocycles. The summed E-state index contributed by atoms with van der Waals surface area (Å²) in [4.78, 5) is 9.75. The molecule has 0 aliphatic carbocycles. The predicted molar refractivity (Wildman–Crippen MR) is 246 cm³/mol. The molecule has 5 aromatic carbocycles. The van der Waals surface area contributed by atoms with Gasteiger partial charge < -0.3 is 4.74 Å². The zero-order valence-electron chi connectivity index (χ0n) is 38.0. The molecule has 9 rings (SSSR count). The van der Waals surface area contributed by atoms with Crippen molar-refractivity contribution in [1.82, 2.24) is 19.1 Å². The van der Waals surface area contributed by atoms with Crippen LogP contribution in [-0.2, 0) is 17.2 Å². The Balaban J connectivity index is 1.17. The minimum absolute atomic E-state index is 0.0481. The lowest BCUT2D eigenvalue weighted by atomic mass is 9.87. The van der Waals surface area contributed by atoms with E-state index < -0.39 is 11.8 Å². The Morgan fingerprint density at radius 1 is 0.583 bits per heavy atom. The maximum absolute atomic E-state index is 9.15. The monoisotopic (exact) mass is 789 g/mol. The maximum atomic E-state index is 9.15. The van der Waals surface area contributed by atoms with E-state index in [1.54, 1.807) is 6.20 Å². The number of fused-ring (bicyclic) bond motifs is 4. The second kappa shape index (κ2) is 14.6. The van der Waals surface area contributed by atoms with Gasteiger partial charge in [0.15, 0.2) is 5.82 Å². The molecule has 0 unspecified atom stereocenters. The normalized spacial score (nSPS) is 13.2. The van der Waals surface area contributed by atoms with Gasteiger partial charge in [0, 0.05) is 38.0 Å². The van der Waals surface area contributed by atoms with Gasteiger partial charge in [0.2, 0.25) is 0 Å². The molecular weight excluding hydrogens is 735 g/mol. The Labute approximate surface area is 356 Å². The lowest BCUT2D eigenvalue weighted by molar-refractivity contribution is -0.572. The molecule has 0 spiro atoms. The molecule has 0 saturated heterocycles. The van der Waals surface area contributed by atoms with Crippen molar-refractivity contribution in [3.8, 4) is 39.9 Å². The summed E-state index contributed by atoms with van der Waals surface area (Å²) >= 11 is 0. The molecule has 4 aromatic heterocycles. The van der Waals surface area contributed by atoms with Crippen molar-refractivity contribution < 1.29 is 12.0 Å². The SMILES string of the molecule is [2H]C([2H])(c1ccc2c(c1)n(-c1cc(Oc3ccc4c5cc(-c6ccccc6)ccc5n(-c5cc(C(C)(C)C)ccn5)c4c3)ccn1)[c-][n+]2-c1cccc(C(C)(C)C)c1)C(C)(C)C. The fourth-order valence-electron chi connectivity index (χ4n) is 7.94. The number of pyridine rings is 2. The van der Waals surface area contributed by atoms with E-state index >= 15 is 0 Å². The number of rotatable bonds is 7. The van der Waals surface area contributed by atoms with Crippen LogP contribution in [-0.4, -0.2) is 19.1 Å². The molecular formula is C54H53N5O. The van der Waals surface area contributed by atoms with E-state index in [-0.39, 0.29) is 10.8 Å². The number of imidazole rings is 1. The fraction of sp³-hybridized carbons (Fsp3) is 0.241. The van der Waals surface area contributed by atoms with E-state index in [0.29, 0.717) is 22.9 Å². The van der Waals surface area contributed by atoms with Gasteiger partial charge in [-0.2, -0.15) is 0 Å². The highest BCUT2D eigenvalue weighted by Crippen LogP contribution is 2.38. The Hall–Kier alpha value is -6.53. The number of nitrogens with zero attached hydrogens (tertiary/aromatic N) is 5. The van der Waals surface area contributed by atoms with Crippen LogP contribution in [0.15, 0.2) is 146 Å². The number of hydrogen-bond acceptors (Lipinski definition) is 3. The highest BCUT2D eigenvalue weighted by molar-refractivity contribution is 6.10. The van der Waals surface area contributed by atoms with Crippen molar-refractivity contribution in [1.29, 1.82) is 0 Å². The molecule has 0 amide bonds. The molecule has 6 nitrogen and oxygen atoms in total. The van der Waals surface area contributed by atoms with E-state index in [2.05, 4.69) is 143 Å². The van der Waals surface area contributed by atoms with Crippen LogP contribution in [0.4, 0.5) is 0 Å². The van der Waals surface area contributed by atoms with Crippen molar-refractivity contribution in [3.63, 3.8) is 0 Å². The Morgan fingerprint density at radius 2 is 1.32 bits per heavy atom.